The van der Waals surface area contributed by atoms with Crippen molar-refractivity contribution in [2.45, 2.75) is 38.3 Å². The number of rotatable bonds is 4. The van der Waals surface area contributed by atoms with Crippen molar-refractivity contribution in [1.29, 1.82) is 5.26 Å². The molecule has 0 spiro atoms. The van der Waals surface area contributed by atoms with Gasteiger partial charge in [-0.1, -0.05) is 6.42 Å². The van der Waals surface area contributed by atoms with E-state index in [1.807, 2.05) is 13.0 Å². The SMILES string of the molecule is CC(N)C1CCCCN1CC(=O)NCC#N. The van der Waals surface area contributed by atoms with Crippen molar-refractivity contribution in [1.82, 2.24) is 10.2 Å². The van der Waals surface area contributed by atoms with Crippen LogP contribution in [-0.2, 0) is 4.79 Å². The first-order chi connectivity index (χ1) is 7.65. The molecule has 0 aliphatic carbocycles. The molecule has 5 heteroatoms. The van der Waals surface area contributed by atoms with Crippen molar-refractivity contribution in [3.63, 3.8) is 0 Å². The topological polar surface area (TPSA) is 82.2 Å². The smallest absolute Gasteiger partial charge is 0.235 e. The van der Waals surface area contributed by atoms with Gasteiger partial charge < -0.3 is 11.1 Å². The summed E-state index contributed by atoms with van der Waals surface area (Å²) in [6.07, 6.45) is 3.36. The summed E-state index contributed by atoms with van der Waals surface area (Å²) in [6, 6.07) is 2.27. The molecule has 1 aliphatic heterocycles. The van der Waals surface area contributed by atoms with Crippen LogP contribution in [0, 0.1) is 11.3 Å². The number of carbonyl (C=O) groups is 1. The van der Waals surface area contributed by atoms with Gasteiger partial charge in [0.2, 0.25) is 5.91 Å². The highest BCUT2D eigenvalue weighted by molar-refractivity contribution is 5.78. The predicted octanol–water partition coefficient (Wildman–Crippen LogP) is -0.172. The minimum absolute atomic E-state index is 0.0789. The third-order valence-electron chi connectivity index (χ3n) is 2.98. The van der Waals surface area contributed by atoms with Crippen LogP contribution < -0.4 is 11.1 Å². The van der Waals surface area contributed by atoms with Crippen LogP contribution in [0.3, 0.4) is 0 Å². The van der Waals surface area contributed by atoms with Crippen LogP contribution in [0.4, 0.5) is 0 Å². The maximum atomic E-state index is 11.5. The van der Waals surface area contributed by atoms with E-state index in [0.29, 0.717) is 12.6 Å². The Labute approximate surface area is 96.6 Å². The summed E-state index contributed by atoms with van der Waals surface area (Å²) in [6.45, 7) is 3.34. The number of amides is 1. The van der Waals surface area contributed by atoms with E-state index in [4.69, 9.17) is 11.0 Å². The zero-order chi connectivity index (χ0) is 12.0. The Hall–Kier alpha value is -1.12. The van der Waals surface area contributed by atoms with Crippen LogP contribution in [-0.4, -0.2) is 42.5 Å². The van der Waals surface area contributed by atoms with E-state index in [-0.39, 0.29) is 18.5 Å². The van der Waals surface area contributed by atoms with Crippen molar-refractivity contribution in [2.24, 2.45) is 5.73 Å². The van der Waals surface area contributed by atoms with Crippen LogP contribution in [0.25, 0.3) is 0 Å². The summed E-state index contributed by atoms with van der Waals surface area (Å²) in [5, 5.41) is 10.9. The van der Waals surface area contributed by atoms with Gasteiger partial charge in [-0.05, 0) is 26.3 Å². The van der Waals surface area contributed by atoms with Gasteiger partial charge in [-0.3, -0.25) is 9.69 Å². The van der Waals surface area contributed by atoms with Crippen molar-refractivity contribution in [3.8, 4) is 6.07 Å². The summed E-state index contributed by atoms with van der Waals surface area (Å²) < 4.78 is 0. The number of carbonyl (C=O) groups excluding carboxylic acids is 1. The summed E-state index contributed by atoms with van der Waals surface area (Å²) in [5.74, 6) is -0.0888. The molecular weight excluding hydrogens is 204 g/mol. The van der Waals surface area contributed by atoms with E-state index in [1.165, 1.54) is 6.42 Å². The summed E-state index contributed by atoms with van der Waals surface area (Å²) in [4.78, 5) is 13.6. The van der Waals surface area contributed by atoms with Crippen molar-refractivity contribution < 1.29 is 4.79 Å². The molecule has 2 atom stereocenters. The Kier molecular flexibility index (Phi) is 5.23. The molecule has 5 nitrogen and oxygen atoms in total. The van der Waals surface area contributed by atoms with Crippen LogP contribution in [0.5, 0.6) is 0 Å². The second kappa shape index (κ2) is 6.46. The number of nitrogens with zero attached hydrogens (tertiary/aromatic N) is 2. The van der Waals surface area contributed by atoms with Gasteiger partial charge in [-0.15, -0.1) is 0 Å². The zero-order valence-corrected chi connectivity index (χ0v) is 9.78. The fourth-order valence-electron chi connectivity index (χ4n) is 2.19. The zero-order valence-electron chi connectivity index (χ0n) is 9.78. The van der Waals surface area contributed by atoms with Crippen LogP contribution in [0.15, 0.2) is 0 Å². The molecule has 0 saturated carbocycles. The molecule has 1 heterocycles. The predicted molar refractivity (Wildman–Crippen MR) is 61.5 cm³/mol. The molecule has 1 rings (SSSR count). The Morgan fingerprint density at radius 1 is 1.69 bits per heavy atom. The average Bonchev–Trinajstić information content (AvgIpc) is 2.27. The number of nitrogens with one attached hydrogen (secondary N) is 1. The fraction of sp³-hybridized carbons (Fsp3) is 0.818. The molecule has 16 heavy (non-hydrogen) atoms. The van der Waals surface area contributed by atoms with Crippen LogP contribution in [0.2, 0.25) is 0 Å². The van der Waals surface area contributed by atoms with Gasteiger partial charge in [-0.2, -0.15) is 5.26 Å². The lowest BCUT2D eigenvalue weighted by Gasteiger charge is -2.37. The van der Waals surface area contributed by atoms with E-state index < -0.39 is 0 Å². The number of nitrogens with two attached hydrogens (primary N) is 1. The summed E-state index contributed by atoms with van der Waals surface area (Å²) in [5.41, 5.74) is 5.91. The maximum Gasteiger partial charge on any atom is 0.235 e. The van der Waals surface area contributed by atoms with Gasteiger partial charge in [-0.25, -0.2) is 0 Å². The highest BCUT2D eigenvalue weighted by Gasteiger charge is 2.26. The lowest BCUT2D eigenvalue weighted by Crippen LogP contribution is -2.52. The van der Waals surface area contributed by atoms with E-state index in [2.05, 4.69) is 10.2 Å². The Balaban J connectivity index is 2.43. The molecule has 1 aliphatic rings. The van der Waals surface area contributed by atoms with Gasteiger partial charge in [0, 0.05) is 12.1 Å². The summed E-state index contributed by atoms with van der Waals surface area (Å²) in [7, 11) is 0. The van der Waals surface area contributed by atoms with Crippen molar-refractivity contribution in [3.05, 3.63) is 0 Å². The first-order valence-electron chi connectivity index (χ1n) is 5.78. The molecule has 0 bridgehead atoms. The van der Waals surface area contributed by atoms with Crippen LogP contribution >= 0.6 is 0 Å². The van der Waals surface area contributed by atoms with Gasteiger partial charge in [0.05, 0.1) is 12.6 Å². The second-order valence-electron chi connectivity index (χ2n) is 4.33. The first-order valence-corrected chi connectivity index (χ1v) is 5.78. The first kappa shape index (κ1) is 12.9. The highest BCUT2D eigenvalue weighted by atomic mass is 16.2. The van der Waals surface area contributed by atoms with Gasteiger partial charge in [0.15, 0.2) is 0 Å². The Morgan fingerprint density at radius 2 is 2.44 bits per heavy atom. The number of piperidine rings is 1. The van der Waals surface area contributed by atoms with E-state index in [0.717, 1.165) is 19.4 Å². The van der Waals surface area contributed by atoms with E-state index in [1.54, 1.807) is 0 Å². The molecule has 1 fully saturated rings. The Morgan fingerprint density at radius 3 is 3.06 bits per heavy atom. The number of nitriles is 1. The van der Waals surface area contributed by atoms with E-state index in [9.17, 15) is 4.79 Å². The molecule has 0 radical (unpaired) electrons. The molecule has 0 aromatic carbocycles. The van der Waals surface area contributed by atoms with Crippen LogP contribution in [0.1, 0.15) is 26.2 Å². The standard InChI is InChI=1S/C11H20N4O/c1-9(13)10-4-2-3-7-15(10)8-11(16)14-6-5-12/h9-10H,2-4,6-8,13H2,1H3,(H,14,16). The average molecular weight is 224 g/mol. The monoisotopic (exact) mass is 224 g/mol. The molecule has 1 saturated heterocycles. The molecule has 3 N–H and O–H groups in total. The minimum Gasteiger partial charge on any atom is -0.342 e. The molecule has 0 aromatic heterocycles. The van der Waals surface area contributed by atoms with Gasteiger partial charge in [0.25, 0.3) is 0 Å². The fourth-order valence-corrected chi connectivity index (χ4v) is 2.19. The highest BCUT2D eigenvalue weighted by Crippen LogP contribution is 2.18. The second-order valence-corrected chi connectivity index (χ2v) is 4.33. The maximum absolute atomic E-state index is 11.5. The number of likely N-dealkylation sites (tertiary alicyclic amines) is 1. The number of hydrogen-bond acceptors (Lipinski definition) is 4. The lowest BCUT2D eigenvalue weighted by molar-refractivity contribution is -0.123. The quantitative estimate of drug-likeness (QED) is 0.649. The van der Waals surface area contributed by atoms with Crippen molar-refractivity contribution >= 4 is 5.91 Å². The van der Waals surface area contributed by atoms with Crippen molar-refractivity contribution in [2.75, 3.05) is 19.6 Å². The largest absolute Gasteiger partial charge is 0.342 e. The third kappa shape index (κ3) is 3.80. The molecule has 1 amide bonds. The molecule has 2 unspecified atom stereocenters. The third-order valence-corrected chi connectivity index (χ3v) is 2.98. The Bertz CT molecular complexity index is 272. The number of hydrogen-bond donors (Lipinski definition) is 2. The van der Waals surface area contributed by atoms with E-state index >= 15 is 0 Å². The lowest BCUT2D eigenvalue weighted by atomic mass is 9.97. The molecular formula is C11H20N4O. The van der Waals surface area contributed by atoms with Gasteiger partial charge in [0.1, 0.15) is 6.54 Å². The molecule has 90 valence electrons. The van der Waals surface area contributed by atoms with Gasteiger partial charge >= 0.3 is 0 Å². The molecule has 0 aromatic rings. The minimum atomic E-state index is -0.0888. The normalized spacial score (nSPS) is 23.4. The summed E-state index contributed by atoms with van der Waals surface area (Å²) >= 11 is 0.